The zero-order valence-corrected chi connectivity index (χ0v) is 9.35. The summed E-state index contributed by atoms with van der Waals surface area (Å²) in [6.45, 7) is 4.98. The molecule has 2 N–H and O–H groups in total. The lowest BCUT2D eigenvalue weighted by atomic mass is 10.2. The van der Waals surface area contributed by atoms with Crippen LogP contribution >= 0.6 is 0 Å². The van der Waals surface area contributed by atoms with Gasteiger partial charge in [-0.15, -0.1) is 0 Å². The molecule has 0 aromatic heterocycles. The molecule has 0 aliphatic carbocycles. The first kappa shape index (κ1) is 12.0. The second-order valence-electron chi connectivity index (χ2n) is 3.85. The van der Waals surface area contributed by atoms with E-state index in [1.165, 1.54) is 5.56 Å². The molecule has 84 valence electrons. The van der Waals surface area contributed by atoms with E-state index in [1.54, 1.807) is 6.92 Å². The number of benzene rings is 1. The molecule has 0 saturated heterocycles. The number of nitrogens with zero attached hydrogens (tertiary/aromatic N) is 1. The Bertz CT molecular complexity index is 282. The van der Waals surface area contributed by atoms with Gasteiger partial charge in [-0.05, 0) is 26.0 Å². The number of rotatable bonds is 5. The van der Waals surface area contributed by atoms with E-state index in [4.69, 9.17) is 5.11 Å². The van der Waals surface area contributed by atoms with Gasteiger partial charge in [0.2, 0.25) is 0 Å². The highest BCUT2D eigenvalue weighted by atomic mass is 16.3. The molecule has 3 heteroatoms. The van der Waals surface area contributed by atoms with Crippen molar-refractivity contribution in [2.45, 2.75) is 20.0 Å². The van der Waals surface area contributed by atoms with Gasteiger partial charge in [-0.3, -0.25) is 0 Å². The van der Waals surface area contributed by atoms with Gasteiger partial charge in [-0.2, -0.15) is 0 Å². The number of aryl methyl sites for hydroxylation is 1. The Morgan fingerprint density at radius 1 is 1.27 bits per heavy atom. The van der Waals surface area contributed by atoms with Gasteiger partial charge < -0.3 is 15.1 Å². The maximum Gasteiger partial charge on any atom is 0.0687 e. The zero-order valence-electron chi connectivity index (χ0n) is 9.35. The summed E-state index contributed by atoms with van der Waals surface area (Å²) in [6.07, 6.45) is -0.391. The number of anilines is 1. The van der Waals surface area contributed by atoms with Crippen molar-refractivity contribution < 1.29 is 10.2 Å². The van der Waals surface area contributed by atoms with Crippen molar-refractivity contribution in [1.29, 1.82) is 0 Å². The van der Waals surface area contributed by atoms with Gasteiger partial charge in [-0.1, -0.05) is 17.7 Å². The molecule has 0 radical (unpaired) electrons. The predicted octanol–water partition coefficient (Wildman–Crippen LogP) is 1.17. The Kier molecular flexibility index (Phi) is 4.59. The molecule has 1 aromatic carbocycles. The number of aliphatic hydroxyl groups excluding tert-OH is 2. The fourth-order valence-electron chi connectivity index (χ4n) is 1.52. The highest BCUT2D eigenvalue weighted by molar-refractivity contribution is 5.47. The minimum absolute atomic E-state index is 0.0978. The summed E-state index contributed by atoms with van der Waals surface area (Å²) in [5.41, 5.74) is 2.25. The van der Waals surface area contributed by atoms with Crippen LogP contribution in [-0.4, -0.2) is 36.0 Å². The normalized spacial score (nSPS) is 12.5. The van der Waals surface area contributed by atoms with Crippen LogP contribution in [0, 0.1) is 6.92 Å². The van der Waals surface area contributed by atoms with E-state index in [-0.39, 0.29) is 6.61 Å². The Labute approximate surface area is 91.0 Å². The van der Waals surface area contributed by atoms with Crippen LogP contribution in [0.4, 0.5) is 5.69 Å². The van der Waals surface area contributed by atoms with Gasteiger partial charge in [0.15, 0.2) is 0 Å². The second kappa shape index (κ2) is 5.73. The Morgan fingerprint density at radius 3 is 2.33 bits per heavy atom. The molecule has 1 atom stereocenters. The largest absolute Gasteiger partial charge is 0.395 e. The highest BCUT2D eigenvalue weighted by Crippen LogP contribution is 2.14. The first-order valence-corrected chi connectivity index (χ1v) is 5.24. The predicted molar refractivity (Wildman–Crippen MR) is 62.2 cm³/mol. The topological polar surface area (TPSA) is 43.7 Å². The zero-order chi connectivity index (χ0) is 11.3. The lowest BCUT2D eigenvalue weighted by Crippen LogP contribution is -2.33. The summed E-state index contributed by atoms with van der Waals surface area (Å²) in [4.78, 5) is 1.98. The second-order valence-corrected chi connectivity index (χ2v) is 3.85. The molecular weight excluding hydrogens is 190 g/mol. The van der Waals surface area contributed by atoms with E-state index in [9.17, 15) is 5.11 Å². The van der Waals surface area contributed by atoms with Crippen molar-refractivity contribution in [2.24, 2.45) is 0 Å². The Hall–Kier alpha value is -1.06. The lowest BCUT2D eigenvalue weighted by molar-refractivity contribution is 0.197. The molecule has 0 amide bonds. The molecule has 0 bridgehead atoms. The molecule has 0 saturated carbocycles. The van der Waals surface area contributed by atoms with Gasteiger partial charge in [0.1, 0.15) is 0 Å². The van der Waals surface area contributed by atoms with Crippen LogP contribution in [-0.2, 0) is 0 Å². The van der Waals surface area contributed by atoms with Crippen molar-refractivity contribution in [2.75, 3.05) is 24.6 Å². The van der Waals surface area contributed by atoms with Gasteiger partial charge >= 0.3 is 0 Å². The van der Waals surface area contributed by atoms with E-state index in [2.05, 4.69) is 0 Å². The average molecular weight is 209 g/mol. The fraction of sp³-hybridized carbons (Fsp3) is 0.500. The molecule has 0 aliphatic heterocycles. The van der Waals surface area contributed by atoms with E-state index in [1.807, 2.05) is 36.1 Å². The molecule has 0 aliphatic rings. The van der Waals surface area contributed by atoms with E-state index in [0.717, 1.165) is 5.69 Å². The third-order valence-corrected chi connectivity index (χ3v) is 2.25. The molecule has 1 aromatic rings. The highest BCUT2D eigenvalue weighted by Gasteiger charge is 2.08. The quantitative estimate of drug-likeness (QED) is 0.765. The fourth-order valence-corrected chi connectivity index (χ4v) is 1.52. The maximum atomic E-state index is 9.34. The summed E-state index contributed by atoms with van der Waals surface area (Å²) >= 11 is 0. The standard InChI is InChI=1S/C12H19NO2/c1-10-3-5-12(6-4-10)13(7-8-14)9-11(2)15/h3-6,11,14-15H,7-9H2,1-2H3. The molecule has 1 unspecified atom stereocenters. The van der Waals surface area contributed by atoms with Gasteiger partial charge in [-0.25, -0.2) is 0 Å². The summed E-state index contributed by atoms with van der Waals surface area (Å²) < 4.78 is 0. The molecular formula is C12H19NO2. The van der Waals surface area contributed by atoms with Crippen molar-refractivity contribution in [1.82, 2.24) is 0 Å². The van der Waals surface area contributed by atoms with Crippen LogP contribution < -0.4 is 4.90 Å². The number of hydrogen-bond acceptors (Lipinski definition) is 3. The van der Waals surface area contributed by atoms with Crippen molar-refractivity contribution >= 4 is 5.69 Å². The minimum Gasteiger partial charge on any atom is -0.395 e. The summed E-state index contributed by atoms with van der Waals surface area (Å²) in [5, 5.41) is 18.3. The minimum atomic E-state index is -0.391. The third kappa shape index (κ3) is 3.90. The molecule has 0 spiro atoms. The first-order chi connectivity index (χ1) is 7.13. The summed E-state index contributed by atoms with van der Waals surface area (Å²) in [5.74, 6) is 0. The SMILES string of the molecule is Cc1ccc(N(CCO)CC(C)O)cc1. The van der Waals surface area contributed by atoms with Crippen LogP contribution in [0.15, 0.2) is 24.3 Å². The Morgan fingerprint density at radius 2 is 1.87 bits per heavy atom. The molecule has 15 heavy (non-hydrogen) atoms. The first-order valence-electron chi connectivity index (χ1n) is 5.24. The van der Waals surface area contributed by atoms with Crippen LogP contribution in [0.3, 0.4) is 0 Å². The molecule has 0 fully saturated rings. The molecule has 0 heterocycles. The molecule has 3 nitrogen and oxygen atoms in total. The van der Waals surface area contributed by atoms with Crippen LogP contribution in [0.25, 0.3) is 0 Å². The number of hydrogen-bond donors (Lipinski definition) is 2. The van der Waals surface area contributed by atoms with Crippen molar-refractivity contribution in [3.63, 3.8) is 0 Å². The monoisotopic (exact) mass is 209 g/mol. The molecule has 1 rings (SSSR count). The van der Waals surface area contributed by atoms with Gasteiger partial charge in [0.05, 0.1) is 12.7 Å². The van der Waals surface area contributed by atoms with E-state index >= 15 is 0 Å². The third-order valence-electron chi connectivity index (χ3n) is 2.25. The van der Waals surface area contributed by atoms with E-state index < -0.39 is 6.10 Å². The van der Waals surface area contributed by atoms with Gasteiger partial charge in [0, 0.05) is 18.8 Å². The number of aliphatic hydroxyl groups is 2. The van der Waals surface area contributed by atoms with Gasteiger partial charge in [0.25, 0.3) is 0 Å². The summed E-state index contributed by atoms with van der Waals surface area (Å²) in [7, 11) is 0. The van der Waals surface area contributed by atoms with Crippen molar-refractivity contribution in [3.05, 3.63) is 29.8 Å². The average Bonchev–Trinajstić information content (AvgIpc) is 2.17. The van der Waals surface area contributed by atoms with Crippen molar-refractivity contribution in [3.8, 4) is 0 Å². The van der Waals surface area contributed by atoms with E-state index in [0.29, 0.717) is 13.1 Å². The van der Waals surface area contributed by atoms with Crippen LogP contribution in [0.1, 0.15) is 12.5 Å². The van der Waals surface area contributed by atoms with Crippen LogP contribution in [0.5, 0.6) is 0 Å². The summed E-state index contributed by atoms with van der Waals surface area (Å²) in [6, 6.07) is 8.07. The smallest absolute Gasteiger partial charge is 0.0687 e. The van der Waals surface area contributed by atoms with Crippen LogP contribution in [0.2, 0.25) is 0 Å². The maximum absolute atomic E-state index is 9.34. The Balaban J connectivity index is 2.74. The lowest BCUT2D eigenvalue weighted by Gasteiger charge is -2.25.